The first kappa shape index (κ1) is 72.8. The van der Waals surface area contributed by atoms with Gasteiger partial charge in [-0.15, -0.1) is 0 Å². The van der Waals surface area contributed by atoms with Gasteiger partial charge < -0.3 is 59.5 Å². The molecule has 0 aromatic heterocycles. The van der Waals surface area contributed by atoms with E-state index in [1.165, 1.54) is 24.3 Å². The van der Waals surface area contributed by atoms with Crippen LogP contribution < -0.4 is 40.2 Å². The van der Waals surface area contributed by atoms with Crippen LogP contribution in [-0.4, -0.2) is 219 Å². The Hall–Kier alpha value is -5.04. The molecule has 4 amide bonds. The summed E-state index contributed by atoms with van der Waals surface area (Å²) in [5.74, 6) is -1.65. The van der Waals surface area contributed by atoms with Gasteiger partial charge in [-0.3, -0.25) is 9.80 Å². The van der Waals surface area contributed by atoms with Gasteiger partial charge in [0.05, 0.1) is 74.7 Å². The van der Waals surface area contributed by atoms with Crippen LogP contribution in [0.3, 0.4) is 0 Å². The topological polar surface area (TPSA) is 243 Å². The number of piperidine rings is 2. The Labute approximate surface area is 551 Å². The number of halogens is 4. The minimum atomic E-state index is -4.06. The van der Waals surface area contributed by atoms with E-state index in [1.807, 2.05) is 38.1 Å². The first-order valence-electron chi connectivity index (χ1n) is 31.7. The Morgan fingerprint density at radius 2 is 0.902 bits per heavy atom. The highest BCUT2D eigenvalue weighted by atomic mass is 35.5. The number of nitrogens with zero attached hydrogens (tertiary/aromatic N) is 4. The maximum absolute atomic E-state index is 15.7. The molecule has 0 bridgehead atoms. The molecular weight excluding hydrogens is 1270 g/mol. The molecule has 510 valence electrons. The molecule has 0 radical (unpaired) electrons. The highest BCUT2D eigenvalue weighted by Gasteiger charge is 2.43. The fourth-order valence-corrected chi connectivity index (χ4v) is 15.0. The summed E-state index contributed by atoms with van der Waals surface area (Å²) in [7, 11) is 0.213. The highest BCUT2D eigenvalue weighted by molar-refractivity contribution is 7.89. The van der Waals surface area contributed by atoms with E-state index in [0.29, 0.717) is 48.1 Å². The van der Waals surface area contributed by atoms with Crippen molar-refractivity contribution in [3.63, 3.8) is 0 Å². The summed E-state index contributed by atoms with van der Waals surface area (Å²) in [6.07, 6.45) is 6.00. The lowest BCUT2D eigenvalue weighted by Gasteiger charge is -2.41. The van der Waals surface area contributed by atoms with Gasteiger partial charge in [0, 0.05) is 74.5 Å². The highest BCUT2D eigenvalue weighted by Crippen LogP contribution is 2.44. The lowest BCUT2D eigenvalue weighted by molar-refractivity contribution is 0.0364. The van der Waals surface area contributed by atoms with Gasteiger partial charge in [-0.05, 0) is 201 Å². The van der Waals surface area contributed by atoms with Crippen molar-refractivity contribution in [3.8, 4) is 11.5 Å². The van der Waals surface area contributed by atoms with E-state index in [0.717, 1.165) is 110 Å². The third-order valence-electron chi connectivity index (χ3n) is 17.3. The number of amides is 4. The summed E-state index contributed by atoms with van der Waals surface area (Å²) in [6.45, 7) is 10.0. The standard InChI is InChI=1S/C64H92Cl2F2N10O12S2/c1-43-33-45(65)35-53-51(43)39-57(77-23-9-11-47(41-77)75(3)4)61(53)89-59-15-13-49(37-55(59)67)91(81,82)73-21-27-87-31-29-85-25-19-71-63(79)69-17-7-8-18-70-64(80)72-20-26-86-30-32-88-28-22-74-92(83,84)50-14-16-60(56(68)38-50)90-62-54-36-46(66)34-44(2)52(54)40-58(62)78-24-10-12-48(42-78)76(5)6/h13-16,33-38,47-48,57-58,61-62,73-74H,7-12,17-32,39-42H2,1-6H3,(H2,69,71,79)(H2,70,72,80)/t47-,48-,57+,58+,61+,62+/m1/s1. The van der Waals surface area contributed by atoms with Gasteiger partial charge in [0.1, 0.15) is 12.2 Å². The zero-order valence-electron chi connectivity index (χ0n) is 53.6. The molecule has 2 fully saturated rings. The van der Waals surface area contributed by atoms with Crippen LogP contribution in [0.5, 0.6) is 11.5 Å². The van der Waals surface area contributed by atoms with E-state index < -0.39 is 43.9 Å². The van der Waals surface area contributed by atoms with Crippen LogP contribution in [0.1, 0.15) is 84.1 Å². The number of carbonyl (C=O) groups is 2. The summed E-state index contributed by atoms with van der Waals surface area (Å²) in [5.41, 5.74) is 6.23. The summed E-state index contributed by atoms with van der Waals surface area (Å²) in [4.78, 5) is 33.2. The number of fused-ring (bicyclic) bond motifs is 2. The summed E-state index contributed by atoms with van der Waals surface area (Å²) in [6, 6.07) is 14.9. The van der Waals surface area contributed by atoms with Crippen molar-refractivity contribution in [3.05, 3.63) is 116 Å². The zero-order valence-corrected chi connectivity index (χ0v) is 56.8. The fraction of sp³-hybridized carbons (Fsp3) is 0.594. The van der Waals surface area contributed by atoms with Crippen LogP contribution in [0, 0.1) is 25.5 Å². The van der Waals surface area contributed by atoms with Gasteiger partial charge in [-0.1, -0.05) is 23.2 Å². The molecule has 28 heteroatoms. The molecule has 0 unspecified atom stereocenters. The number of unbranched alkanes of at least 4 members (excludes halogenated alkanes) is 1. The van der Waals surface area contributed by atoms with Crippen LogP contribution in [0.15, 0.2) is 70.5 Å². The second-order valence-electron chi connectivity index (χ2n) is 24.2. The molecule has 0 spiro atoms. The van der Waals surface area contributed by atoms with E-state index in [-0.39, 0.29) is 124 Å². The number of ether oxygens (including phenoxy) is 6. The summed E-state index contributed by atoms with van der Waals surface area (Å²) >= 11 is 13.0. The monoisotopic (exact) mass is 1360 g/mol. The average molecular weight is 1370 g/mol. The third kappa shape index (κ3) is 20.7. The maximum atomic E-state index is 15.7. The van der Waals surface area contributed by atoms with Crippen LogP contribution in [-0.2, 0) is 51.8 Å². The average Bonchev–Trinajstić information content (AvgIpc) is 1.61. The molecular formula is C64H92Cl2F2N10O12S2. The van der Waals surface area contributed by atoms with E-state index in [4.69, 9.17) is 51.6 Å². The SMILES string of the molecule is Cc1cc(Cl)cc2c1C[C@H](N1CCC[C@@H](N(C)C)C1)[C@H]2Oc1ccc(S(=O)(=O)NCCOCCOCCNC(=O)NCCCCNC(=O)NCCOCCOCCNS(=O)(=O)c2ccc(O[C@H]3c4cc(Cl)cc(C)c4C[C@@H]3N3CCC[C@@H](N(C)C)C3)c(F)c2)cc1F. The molecule has 0 saturated carbocycles. The second-order valence-corrected chi connectivity index (χ2v) is 28.6. The smallest absolute Gasteiger partial charge is 0.314 e. The number of carbonyl (C=O) groups excluding carboxylic acids is 2. The minimum absolute atomic E-state index is 0.0393. The van der Waals surface area contributed by atoms with E-state index >= 15 is 8.78 Å². The number of benzene rings is 4. The molecule has 6 N–H and O–H groups in total. The largest absolute Gasteiger partial charge is 0.481 e. The number of likely N-dealkylation sites (N-methyl/N-ethyl adjacent to an activating group) is 2. The molecule has 22 nitrogen and oxygen atoms in total. The third-order valence-corrected chi connectivity index (χ3v) is 20.7. The summed E-state index contributed by atoms with van der Waals surface area (Å²) in [5, 5.41) is 12.1. The van der Waals surface area contributed by atoms with E-state index in [2.05, 4.69) is 78.5 Å². The van der Waals surface area contributed by atoms with Gasteiger partial charge in [-0.2, -0.15) is 0 Å². The molecule has 8 rings (SSSR count). The first-order chi connectivity index (χ1) is 44.1. The maximum Gasteiger partial charge on any atom is 0.314 e. The molecule has 2 aliphatic carbocycles. The van der Waals surface area contributed by atoms with Gasteiger partial charge in [0.25, 0.3) is 0 Å². The number of likely N-dealkylation sites (tertiary alicyclic amines) is 2. The Morgan fingerprint density at radius 1 is 0.533 bits per heavy atom. The number of hydrogen-bond donors (Lipinski definition) is 6. The van der Waals surface area contributed by atoms with Gasteiger partial charge in [0.2, 0.25) is 20.0 Å². The number of hydrogen-bond acceptors (Lipinski definition) is 16. The molecule has 2 aliphatic heterocycles. The van der Waals surface area contributed by atoms with Crippen molar-refractivity contribution in [1.82, 2.24) is 50.3 Å². The minimum Gasteiger partial charge on any atom is -0.481 e. The number of sulfonamides is 2. The van der Waals surface area contributed by atoms with Crippen LogP contribution >= 0.6 is 23.2 Å². The first-order valence-corrected chi connectivity index (χ1v) is 35.5. The van der Waals surface area contributed by atoms with Crippen LogP contribution in [0.4, 0.5) is 18.4 Å². The fourth-order valence-electron chi connectivity index (χ4n) is 12.4. The predicted octanol–water partition coefficient (Wildman–Crippen LogP) is 6.73. The molecule has 6 atom stereocenters. The Kier molecular flexibility index (Phi) is 27.8. The van der Waals surface area contributed by atoms with Crippen molar-refractivity contribution in [1.29, 1.82) is 0 Å². The molecule has 2 heterocycles. The van der Waals surface area contributed by atoms with Crippen molar-refractivity contribution < 1.29 is 63.6 Å². The predicted molar refractivity (Wildman–Crippen MR) is 349 cm³/mol. The molecule has 92 heavy (non-hydrogen) atoms. The lowest BCUT2D eigenvalue weighted by Crippen LogP contribution is -2.51. The molecule has 4 aromatic carbocycles. The normalized spacial score (nSPS) is 20.3. The molecule has 4 aliphatic rings. The Morgan fingerprint density at radius 3 is 1.27 bits per heavy atom. The number of rotatable bonds is 35. The Balaban J connectivity index is 0.599. The van der Waals surface area contributed by atoms with Crippen molar-refractivity contribution >= 4 is 55.3 Å². The molecule has 4 aromatic rings. The number of urea groups is 2. The van der Waals surface area contributed by atoms with Crippen molar-refractivity contribution in [2.45, 2.75) is 111 Å². The van der Waals surface area contributed by atoms with E-state index in [1.54, 1.807) is 0 Å². The van der Waals surface area contributed by atoms with Gasteiger partial charge in [-0.25, -0.2) is 44.6 Å². The second kappa shape index (κ2) is 35.1. The lowest BCUT2D eigenvalue weighted by atomic mass is 10.0. The van der Waals surface area contributed by atoms with Crippen molar-refractivity contribution in [2.75, 3.05) is 146 Å². The van der Waals surface area contributed by atoms with Gasteiger partial charge in [0.15, 0.2) is 23.1 Å². The van der Waals surface area contributed by atoms with Gasteiger partial charge >= 0.3 is 12.1 Å². The van der Waals surface area contributed by atoms with Crippen LogP contribution in [0.25, 0.3) is 0 Å². The summed E-state index contributed by atoms with van der Waals surface area (Å²) < 4.78 is 124. The Bertz CT molecular complexity index is 3110. The zero-order chi connectivity index (χ0) is 66.0. The van der Waals surface area contributed by atoms with Crippen molar-refractivity contribution in [2.24, 2.45) is 0 Å². The quantitative estimate of drug-likeness (QED) is 0.0262. The number of nitrogens with one attached hydrogen (secondary N) is 6. The molecule has 2 saturated heterocycles. The van der Waals surface area contributed by atoms with E-state index in [9.17, 15) is 26.4 Å². The van der Waals surface area contributed by atoms with Crippen LogP contribution in [0.2, 0.25) is 10.0 Å². The number of aryl methyl sites for hydroxylation is 2.